The van der Waals surface area contributed by atoms with Crippen molar-refractivity contribution < 1.29 is 33.1 Å². The van der Waals surface area contributed by atoms with Gasteiger partial charge in [-0.3, -0.25) is 9.59 Å². The normalized spacial score (nSPS) is 17.1. The molecule has 212 valence electrons. The average Bonchev–Trinajstić information content (AvgIpc) is 3.26. The molecule has 1 saturated carbocycles. The van der Waals surface area contributed by atoms with Gasteiger partial charge in [0.1, 0.15) is 22.7 Å². The number of furan rings is 1. The van der Waals surface area contributed by atoms with Crippen LogP contribution < -0.4 is 16.0 Å². The van der Waals surface area contributed by atoms with Crippen molar-refractivity contribution in [1.29, 1.82) is 0 Å². The first kappa shape index (κ1) is 28.9. The van der Waals surface area contributed by atoms with Crippen LogP contribution in [0.5, 0.6) is 0 Å². The van der Waals surface area contributed by atoms with Gasteiger partial charge in [-0.2, -0.15) is 0 Å². The van der Waals surface area contributed by atoms with Crippen molar-refractivity contribution in [2.24, 2.45) is 5.92 Å². The highest BCUT2D eigenvalue weighted by atomic mass is 35.5. The van der Waals surface area contributed by atoms with Crippen LogP contribution >= 0.6 is 11.6 Å². The minimum Gasteiger partial charge on any atom is -0.465 e. The van der Waals surface area contributed by atoms with Gasteiger partial charge in [0.2, 0.25) is 11.7 Å². The Bertz CT molecular complexity index is 1420. The van der Waals surface area contributed by atoms with Crippen LogP contribution in [-0.4, -0.2) is 47.6 Å². The van der Waals surface area contributed by atoms with Crippen LogP contribution in [0.15, 0.2) is 40.9 Å². The lowest BCUT2D eigenvalue weighted by Gasteiger charge is -2.29. The maximum absolute atomic E-state index is 13.4. The van der Waals surface area contributed by atoms with Gasteiger partial charge in [-0.05, 0) is 76.8 Å². The smallest absolute Gasteiger partial charge is 0.407 e. The Morgan fingerprint density at radius 1 is 1.02 bits per heavy atom. The van der Waals surface area contributed by atoms with E-state index in [1.807, 2.05) is 0 Å². The highest BCUT2D eigenvalue weighted by Crippen LogP contribution is 2.34. The Hall–Kier alpha value is -4.12. The molecular weight excluding hydrogens is 540 g/mol. The third-order valence-corrected chi connectivity index (χ3v) is 6.57. The Morgan fingerprint density at radius 2 is 1.75 bits per heavy atom. The van der Waals surface area contributed by atoms with Gasteiger partial charge in [0.05, 0.1) is 17.7 Å². The number of methoxy groups -OCH3 is 1. The topological polar surface area (TPSA) is 149 Å². The number of amides is 3. The van der Waals surface area contributed by atoms with E-state index in [2.05, 4.69) is 20.9 Å². The largest absolute Gasteiger partial charge is 0.465 e. The summed E-state index contributed by atoms with van der Waals surface area (Å²) >= 11 is 5.88. The zero-order valence-electron chi connectivity index (χ0n) is 22.6. The molecule has 4 rings (SSSR count). The van der Waals surface area contributed by atoms with Crippen LogP contribution in [0, 0.1) is 5.92 Å². The summed E-state index contributed by atoms with van der Waals surface area (Å²) in [4.78, 5) is 54.9. The maximum atomic E-state index is 13.4. The molecule has 0 radical (unpaired) electrons. The number of hydrogen-bond acceptors (Lipinski definition) is 8. The van der Waals surface area contributed by atoms with E-state index in [-0.39, 0.29) is 40.7 Å². The van der Waals surface area contributed by atoms with Crippen LogP contribution in [0.1, 0.15) is 67.4 Å². The van der Waals surface area contributed by atoms with Crippen LogP contribution in [-0.2, 0) is 14.3 Å². The average molecular weight is 571 g/mol. The third-order valence-electron chi connectivity index (χ3n) is 6.35. The second-order valence-electron chi connectivity index (χ2n) is 10.5. The van der Waals surface area contributed by atoms with Crippen LogP contribution in [0.2, 0.25) is 5.02 Å². The summed E-state index contributed by atoms with van der Waals surface area (Å²) in [6.45, 7) is 5.38. The van der Waals surface area contributed by atoms with E-state index in [0.717, 1.165) is 0 Å². The SMILES string of the molecule is COC(=O)c1ccc2oc(C(=O)Nc3ccc(Cl)cn3)c(NC(=O)[C@H]3CC[C@H](NC(=O)OC(C)(C)C)CC3)c2c1. The fraction of sp³-hybridized carbons (Fsp3) is 0.393. The molecule has 0 saturated heterocycles. The molecule has 11 nitrogen and oxygen atoms in total. The van der Waals surface area contributed by atoms with Crippen LogP contribution in [0.25, 0.3) is 11.0 Å². The number of benzene rings is 1. The van der Waals surface area contributed by atoms with E-state index < -0.39 is 23.6 Å². The number of halogens is 1. The quantitative estimate of drug-likeness (QED) is 0.327. The molecular formula is C28H31ClN4O7. The zero-order chi connectivity index (χ0) is 29.0. The number of nitrogens with zero attached hydrogens (tertiary/aromatic N) is 1. The fourth-order valence-corrected chi connectivity index (χ4v) is 4.56. The molecule has 3 amide bonds. The van der Waals surface area contributed by atoms with Gasteiger partial charge in [0.15, 0.2) is 0 Å². The first-order valence-electron chi connectivity index (χ1n) is 12.8. The third kappa shape index (κ3) is 7.09. The number of rotatable bonds is 6. The fourth-order valence-electron chi connectivity index (χ4n) is 4.45. The van der Waals surface area contributed by atoms with Gasteiger partial charge >= 0.3 is 12.1 Å². The van der Waals surface area contributed by atoms with Crippen molar-refractivity contribution >= 4 is 58.0 Å². The van der Waals surface area contributed by atoms with Gasteiger partial charge in [-0.15, -0.1) is 0 Å². The summed E-state index contributed by atoms with van der Waals surface area (Å²) in [6.07, 6.45) is 3.11. The summed E-state index contributed by atoms with van der Waals surface area (Å²) in [6, 6.07) is 7.53. The van der Waals surface area contributed by atoms with Gasteiger partial charge in [0, 0.05) is 23.5 Å². The second-order valence-corrected chi connectivity index (χ2v) is 10.9. The van der Waals surface area contributed by atoms with Gasteiger partial charge < -0.3 is 29.8 Å². The number of alkyl carbamates (subject to hydrolysis) is 1. The van der Waals surface area contributed by atoms with Crippen LogP contribution in [0.4, 0.5) is 16.3 Å². The minimum absolute atomic E-state index is 0.107. The predicted molar refractivity (Wildman–Crippen MR) is 148 cm³/mol. The van der Waals surface area contributed by atoms with E-state index in [4.69, 9.17) is 25.5 Å². The molecule has 1 aliphatic rings. The molecule has 12 heteroatoms. The molecule has 0 unspecified atom stereocenters. The summed E-state index contributed by atoms with van der Waals surface area (Å²) in [5, 5.41) is 9.11. The van der Waals surface area contributed by atoms with E-state index in [9.17, 15) is 19.2 Å². The molecule has 0 atom stereocenters. The lowest BCUT2D eigenvalue weighted by atomic mass is 9.85. The Morgan fingerprint density at radius 3 is 2.38 bits per heavy atom. The van der Waals surface area contributed by atoms with E-state index >= 15 is 0 Å². The van der Waals surface area contributed by atoms with E-state index in [1.165, 1.54) is 37.6 Å². The predicted octanol–water partition coefficient (Wildman–Crippen LogP) is 5.54. The molecule has 1 aliphatic carbocycles. The molecule has 1 aromatic carbocycles. The van der Waals surface area contributed by atoms with Crippen LogP contribution in [0.3, 0.4) is 0 Å². The summed E-state index contributed by atoms with van der Waals surface area (Å²) in [5.41, 5.74) is 0.0515. The number of hydrogen-bond donors (Lipinski definition) is 3. The first-order valence-corrected chi connectivity index (χ1v) is 13.2. The molecule has 40 heavy (non-hydrogen) atoms. The van der Waals surface area contributed by atoms with Crippen molar-refractivity contribution in [3.05, 3.63) is 52.9 Å². The Balaban J connectivity index is 1.53. The highest BCUT2D eigenvalue weighted by Gasteiger charge is 2.31. The zero-order valence-corrected chi connectivity index (χ0v) is 23.4. The van der Waals surface area contributed by atoms with Crippen molar-refractivity contribution in [3.8, 4) is 0 Å². The minimum atomic E-state index is -0.647. The van der Waals surface area contributed by atoms with Gasteiger partial charge in [-0.25, -0.2) is 14.6 Å². The number of carbonyl (C=O) groups is 4. The van der Waals surface area contributed by atoms with E-state index in [1.54, 1.807) is 26.8 Å². The summed E-state index contributed by atoms with van der Waals surface area (Å²) in [5.74, 6) is -1.81. The van der Waals surface area contributed by atoms with Crippen molar-refractivity contribution in [2.45, 2.75) is 58.1 Å². The number of fused-ring (bicyclic) bond motifs is 1. The number of ether oxygens (including phenoxy) is 2. The Kier molecular flexibility index (Phi) is 8.63. The number of nitrogens with one attached hydrogen (secondary N) is 3. The molecule has 3 N–H and O–H groups in total. The number of aromatic nitrogens is 1. The molecule has 3 aromatic rings. The molecule has 0 spiro atoms. The Labute approximate surface area is 235 Å². The maximum Gasteiger partial charge on any atom is 0.407 e. The molecule has 0 bridgehead atoms. The van der Waals surface area contributed by atoms with Crippen molar-refractivity contribution in [3.63, 3.8) is 0 Å². The number of esters is 1. The number of pyridine rings is 1. The van der Waals surface area contributed by atoms with E-state index in [0.29, 0.717) is 41.7 Å². The molecule has 1 fully saturated rings. The standard InChI is InChI=1S/C28H31ClN4O7/c1-28(2,3)40-27(37)31-18-9-5-15(6-10-18)24(34)33-22-19-13-16(26(36)38-4)7-11-20(19)39-23(22)25(35)32-21-12-8-17(29)14-30-21/h7-8,11-15,18H,5-6,9-10H2,1-4H3,(H,31,37)(H,33,34)(H,30,32,35)/t15-,18-. The summed E-state index contributed by atoms with van der Waals surface area (Å²) < 4.78 is 16.0. The van der Waals surface area contributed by atoms with Gasteiger partial charge in [-0.1, -0.05) is 11.6 Å². The molecule has 0 aliphatic heterocycles. The summed E-state index contributed by atoms with van der Waals surface area (Å²) in [7, 11) is 1.26. The molecule has 2 heterocycles. The van der Waals surface area contributed by atoms with Crippen molar-refractivity contribution in [2.75, 3.05) is 17.7 Å². The number of anilines is 2. The molecule has 2 aromatic heterocycles. The van der Waals surface area contributed by atoms with Gasteiger partial charge in [0.25, 0.3) is 5.91 Å². The second kappa shape index (κ2) is 12.0. The lowest BCUT2D eigenvalue weighted by molar-refractivity contribution is -0.120. The van der Waals surface area contributed by atoms with Crippen molar-refractivity contribution in [1.82, 2.24) is 10.3 Å². The lowest BCUT2D eigenvalue weighted by Crippen LogP contribution is -2.42. The first-order chi connectivity index (χ1) is 18.9. The highest BCUT2D eigenvalue weighted by molar-refractivity contribution is 6.30. The number of carbonyl (C=O) groups excluding carboxylic acids is 4. The monoisotopic (exact) mass is 570 g/mol.